The molecule has 0 bridgehead atoms. The third-order valence-corrected chi connectivity index (χ3v) is 2.44. The molecule has 1 aliphatic carbocycles. The summed E-state index contributed by atoms with van der Waals surface area (Å²) < 4.78 is 0. The van der Waals surface area contributed by atoms with Gasteiger partial charge in [0.15, 0.2) is 0 Å². The topological polar surface area (TPSA) is 0 Å². The Morgan fingerprint density at radius 1 is 1.30 bits per heavy atom. The molecule has 0 N–H and O–H groups in total. The van der Waals surface area contributed by atoms with E-state index in [0.717, 1.165) is 5.75 Å². The first kappa shape index (κ1) is 6.05. The number of allylic oxidation sites excluding steroid dienone is 6. The van der Waals surface area contributed by atoms with Gasteiger partial charge in [-0.2, -0.15) is 0 Å². The molecule has 0 unspecified atom stereocenters. The highest BCUT2D eigenvalue weighted by molar-refractivity contribution is 8.03. The van der Waals surface area contributed by atoms with Crippen LogP contribution < -0.4 is 0 Å². The molecule has 49 valence electrons. The zero-order valence-electron chi connectivity index (χ0n) is 5.50. The van der Waals surface area contributed by atoms with Gasteiger partial charge in [-0.05, 0) is 17.7 Å². The zero-order valence-corrected chi connectivity index (χ0v) is 6.32. The van der Waals surface area contributed by atoms with Gasteiger partial charge < -0.3 is 0 Å². The molecule has 0 fully saturated rings. The average molecular weight is 147 g/mol. The molecule has 0 saturated heterocycles. The summed E-state index contributed by atoms with van der Waals surface area (Å²) in [7, 11) is 0. The standard InChI is InChI=1S/C9H7S/c1-2-4-8-6-7-10-9(8)5-3-1/h1-5H,7H2. The molecular weight excluding hydrogens is 140 g/mol. The van der Waals surface area contributed by atoms with E-state index >= 15 is 0 Å². The summed E-state index contributed by atoms with van der Waals surface area (Å²) in [5.41, 5.74) is 1.26. The van der Waals surface area contributed by atoms with E-state index in [9.17, 15) is 0 Å². The second-order valence-electron chi connectivity index (χ2n) is 2.15. The van der Waals surface area contributed by atoms with Crippen molar-refractivity contribution in [1.29, 1.82) is 0 Å². The van der Waals surface area contributed by atoms with E-state index in [-0.39, 0.29) is 0 Å². The molecule has 10 heavy (non-hydrogen) atoms. The van der Waals surface area contributed by atoms with Crippen molar-refractivity contribution in [3.8, 4) is 0 Å². The fourth-order valence-corrected chi connectivity index (χ4v) is 1.85. The van der Waals surface area contributed by atoms with Crippen molar-refractivity contribution < 1.29 is 0 Å². The average Bonchev–Trinajstić information content (AvgIpc) is 2.28. The van der Waals surface area contributed by atoms with Crippen LogP contribution in [0.4, 0.5) is 0 Å². The number of rotatable bonds is 0. The van der Waals surface area contributed by atoms with Gasteiger partial charge in [-0.3, -0.25) is 0 Å². The molecular formula is C9H7S. The van der Waals surface area contributed by atoms with Gasteiger partial charge in [0, 0.05) is 10.7 Å². The van der Waals surface area contributed by atoms with Crippen molar-refractivity contribution in [3.63, 3.8) is 0 Å². The van der Waals surface area contributed by atoms with Crippen molar-refractivity contribution in [2.75, 3.05) is 5.75 Å². The lowest BCUT2D eigenvalue weighted by Gasteiger charge is -1.93. The third kappa shape index (κ3) is 0.971. The Balaban J connectivity index is 2.42. The number of hydrogen-bond acceptors (Lipinski definition) is 1. The maximum Gasteiger partial charge on any atom is 0.0241 e. The predicted molar refractivity (Wildman–Crippen MR) is 45.6 cm³/mol. The largest absolute Gasteiger partial charge is 0.121 e. The van der Waals surface area contributed by atoms with E-state index in [1.54, 1.807) is 0 Å². The summed E-state index contributed by atoms with van der Waals surface area (Å²) in [6.07, 6.45) is 13.7. The molecule has 1 heteroatoms. The van der Waals surface area contributed by atoms with Gasteiger partial charge in [-0.1, -0.05) is 24.3 Å². The van der Waals surface area contributed by atoms with Crippen molar-refractivity contribution in [3.05, 3.63) is 46.9 Å². The quantitative estimate of drug-likeness (QED) is 0.507. The SMILES string of the molecule is [C]1=C2C=CC=CC=C2SC1. The van der Waals surface area contributed by atoms with Crippen LogP contribution in [0.3, 0.4) is 0 Å². The molecule has 0 aromatic rings. The minimum Gasteiger partial charge on any atom is -0.121 e. The molecule has 0 spiro atoms. The molecule has 0 amide bonds. The van der Waals surface area contributed by atoms with Gasteiger partial charge in [-0.15, -0.1) is 11.8 Å². The summed E-state index contributed by atoms with van der Waals surface area (Å²) in [4.78, 5) is 1.35. The van der Waals surface area contributed by atoms with E-state index in [1.807, 2.05) is 17.8 Å². The first-order valence-electron chi connectivity index (χ1n) is 3.26. The maximum atomic E-state index is 3.28. The van der Waals surface area contributed by atoms with Gasteiger partial charge in [0.05, 0.1) is 0 Å². The monoisotopic (exact) mass is 147 g/mol. The molecule has 2 aliphatic rings. The van der Waals surface area contributed by atoms with Crippen molar-refractivity contribution in [1.82, 2.24) is 0 Å². The first-order chi connectivity index (χ1) is 4.97. The second kappa shape index (κ2) is 2.51. The van der Waals surface area contributed by atoms with E-state index in [0.29, 0.717) is 0 Å². The number of fused-ring (bicyclic) bond motifs is 1. The Labute approximate surface area is 65.0 Å². The Kier molecular flexibility index (Phi) is 1.52. The minimum absolute atomic E-state index is 1.01. The summed E-state index contributed by atoms with van der Waals surface area (Å²) in [5.74, 6) is 1.01. The minimum atomic E-state index is 1.01. The molecule has 1 aliphatic heterocycles. The first-order valence-corrected chi connectivity index (χ1v) is 4.24. The van der Waals surface area contributed by atoms with Gasteiger partial charge in [-0.25, -0.2) is 0 Å². The number of hydrogen-bond donors (Lipinski definition) is 0. The Morgan fingerprint density at radius 3 is 3.30 bits per heavy atom. The van der Waals surface area contributed by atoms with Gasteiger partial charge >= 0.3 is 0 Å². The lowest BCUT2D eigenvalue weighted by atomic mass is 10.2. The normalized spacial score (nSPS) is 21.6. The van der Waals surface area contributed by atoms with Crippen LogP contribution >= 0.6 is 11.8 Å². The van der Waals surface area contributed by atoms with Crippen LogP contribution in [0.5, 0.6) is 0 Å². The maximum absolute atomic E-state index is 3.28. The lowest BCUT2D eigenvalue weighted by molar-refractivity contribution is 1.60. The second-order valence-corrected chi connectivity index (χ2v) is 3.17. The summed E-state index contributed by atoms with van der Waals surface area (Å²) in [6.45, 7) is 0. The summed E-state index contributed by atoms with van der Waals surface area (Å²) >= 11 is 1.85. The van der Waals surface area contributed by atoms with E-state index < -0.39 is 0 Å². The van der Waals surface area contributed by atoms with Crippen LogP contribution in [0.15, 0.2) is 40.9 Å². The van der Waals surface area contributed by atoms with E-state index in [2.05, 4.69) is 30.4 Å². The van der Waals surface area contributed by atoms with Crippen LogP contribution in [0.25, 0.3) is 0 Å². The van der Waals surface area contributed by atoms with Crippen LogP contribution in [0, 0.1) is 6.08 Å². The fourth-order valence-electron chi connectivity index (χ4n) is 0.994. The van der Waals surface area contributed by atoms with Gasteiger partial charge in [0.1, 0.15) is 0 Å². The third-order valence-electron chi connectivity index (χ3n) is 1.49. The molecule has 0 aromatic heterocycles. The molecule has 1 heterocycles. The Morgan fingerprint density at radius 2 is 2.30 bits per heavy atom. The number of thioether (sulfide) groups is 1. The van der Waals surface area contributed by atoms with Crippen LogP contribution in [-0.4, -0.2) is 5.75 Å². The molecule has 0 saturated carbocycles. The summed E-state index contributed by atoms with van der Waals surface area (Å²) in [5, 5.41) is 0. The molecule has 0 nitrogen and oxygen atoms in total. The fraction of sp³-hybridized carbons (Fsp3) is 0.111. The highest BCUT2D eigenvalue weighted by atomic mass is 32.2. The molecule has 0 aromatic carbocycles. The molecule has 0 atom stereocenters. The van der Waals surface area contributed by atoms with Gasteiger partial charge in [0.25, 0.3) is 0 Å². The van der Waals surface area contributed by atoms with Crippen LogP contribution in [-0.2, 0) is 0 Å². The van der Waals surface area contributed by atoms with Crippen LogP contribution in [0.2, 0.25) is 0 Å². The van der Waals surface area contributed by atoms with Crippen LogP contribution in [0.1, 0.15) is 0 Å². The van der Waals surface area contributed by atoms with Gasteiger partial charge in [0.2, 0.25) is 0 Å². The zero-order chi connectivity index (χ0) is 6.81. The Bertz CT molecular complexity index is 254. The van der Waals surface area contributed by atoms with Crippen molar-refractivity contribution in [2.24, 2.45) is 0 Å². The smallest absolute Gasteiger partial charge is 0.0241 e. The Hall–Kier alpha value is -0.690. The van der Waals surface area contributed by atoms with E-state index in [4.69, 9.17) is 0 Å². The predicted octanol–water partition coefficient (Wildman–Crippen LogP) is 2.47. The lowest BCUT2D eigenvalue weighted by Crippen LogP contribution is -1.70. The highest BCUT2D eigenvalue weighted by Crippen LogP contribution is 2.32. The summed E-state index contributed by atoms with van der Waals surface area (Å²) in [6, 6.07) is 0. The van der Waals surface area contributed by atoms with E-state index in [1.165, 1.54) is 10.5 Å². The molecule has 1 radical (unpaired) electrons. The van der Waals surface area contributed by atoms with Crippen molar-refractivity contribution in [2.45, 2.75) is 0 Å². The molecule has 2 rings (SSSR count). The highest BCUT2D eigenvalue weighted by Gasteiger charge is 2.08. The van der Waals surface area contributed by atoms with Crippen molar-refractivity contribution >= 4 is 11.8 Å².